The van der Waals surface area contributed by atoms with Gasteiger partial charge < -0.3 is 10.6 Å². The monoisotopic (exact) mass is 268 g/mol. The minimum atomic E-state index is -0.744. The smallest absolute Gasteiger partial charge is 0.232 e. The number of rotatable bonds is 4. The van der Waals surface area contributed by atoms with E-state index in [1.165, 1.54) is 6.07 Å². The second-order valence-electron chi connectivity index (χ2n) is 5.01. The number of nitrogens with one attached hydrogen (secondary N) is 2. The second kappa shape index (κ2) is 5.65. The summed E-state index contributed by atoms with van der Waals surface area (Å²) in [5.41, 5.74) is -0.904. The molecule has 19 heavy (non-hydrogen) atoms. The maximum atomic E-state index is 13.5. The van der Waals surface area contributed by atoms with E-state index in [1.807, 2.05) is 6.92 Å². The van der Waals surface area contributed by atoms with Crippen LogP contribution in [0.2, 0.25) is 0 Å². The van der Waals surface area contributed by atoms with Gasteiger partial charge in [0.1, 0.15) is 17.3 Å². The van der Waals surface area contributed by atoms with Gasteiger partial charge in [0, 0.05) is 6.54 Å². The highest BCUT2D eigenvalue weighted by Gasteiger charge is 2.40. The van der Waals surface area contributed by atoms with E-state index < -0.39 is 17.0 Å². The highest BCUT2D eigenvalue weighted by atomic mass is 19.1. The molecule has 0 bridgehead atoms. The first kappa shape index (κ1) is 13.9. The third-order valence-electron chi connectivity index (χ3n) is 3.66. The molecule has 1 atom stereocenters. The standard InChI is InChI=1S/C14H18F2N2O/c1-2-6-14(7-8-17-9-14)13(19)18-12-10(15)4-3-5-11(12)16/h3-5,17H,2,6-9H2,1H3,(H,18,19). The van der Waals surface area contributed by atoms with Crippen molar-refractivity contribution < 1.29 is 13.6 Å². The first-order valence-electron chi connectivity index (χ1n) is 6.55. The molecule has 0 saturated carbocycles. The topological polar surface area (TPSA) is 41.1 Å². The molecule has 1 aromatic rings. The molecule has 5 heteroatoms. The van der Waals surface area contributed by atoms with Crippen LogP contribution in [0.1, 0.15) is 26.2 Å². The largest absolute Gasteiger partial charge is 0.321 e. The lowest BCUT2D eigenvalue weighted by atomic mass is 9.81. The molecule has 1 amide bonds. The van der Waals surface area contributed by atoms with Crippen molar-refractivity contribution >= 4 is 11.6 Å². The third-order valence-corrected chi connectivity index (χ3v) is 3.66. The molecule has 1 heterocycles. The molecule has 2 rings (SSSR count). The summed E-state index contributed by atoms with van der Waals surface area (Å²) >= 11 is 0. The molecule has 1 unspecified atom stereocenters. The maximum absolute atomic E-state index is 13.5. The summed E-state index contributed by atoms with van der Waals surface area (Å²) in [7, 11) is 0. The minimum Gasteiger partial charge on any atom is -0.321 e. The van der Waals surface area contributed by atoms with E-state index in [4.69, 9.17) is 0 Å². The summed E-state index contributed by atoms with van der Waals surface area (Å²) in [4.78, 5) is 12.3. The average Bonchev–Trinajstić information content (AvgIpc) is 2.84. The van der Waals surface area contributed by atoms with Gasteiger partial charge in [-0.1, -0.05) is 19.4 Å². The predicted molar refractivity (Wildman–Crippen MR) is 69.8 cm³/mol. The van der Waals surface area contributed by atoms with E-state index in [2.05, 4.69) is 10.6 Å². The van der Waals surface area contributed by atoms with E-state index in [0.717, 1.165) is 25.1 Å². The molecule has 0 aliphatic carbocycles. The molecule has 1 saturated heterocycles. The molecule has 0 spiro atoms. The predicted octanol–water partition coefficient (Wildman–Crippen LogP) is 2.68. The van der Waals surface area contributed by atoms with Crippen molar-refractivity contribution in [1.29, 1.82) is 0 Å². The lowest BCUT2D eigenvalue weighted by Crippen LogP contribution is -2.38. The number of anilines is 1. The van der Waals surface area contributed by atoms with Gasteiger partial charge in [-0.3, -0.25) is 4.79 Å². The number of benzene rings is 1. The SMILES string of the molecule is CCCC1(C(=O)Nc2c(F)cccc2F)CCNC1. The van der Waals surface area contributed by atoms with Crippen LogP contribution >= 0.6 is 0 Å². The normalized spacial score (nSPS) is 22.5. The summed E-state index contributed by atoms with van der Waals surface area (Å²) in [6.07, 6.45) is 2.26. The summed E-state index contributed by atoms with van der Waals surface area (Å²) in [5, 5.41) is 5.56. The lowest BCUT2D eigenvalue weighted by Gasteiger charge is -2.26. The summed E-state index contributed by atoms with van der Waals surface area (Å²) in [5.74, 6) is -1.79. The van der Waals surface area contributed by atoms with E-state index >= 15 is 0 Å². The Kier molecular flexibility index (Phi) is 4.14. The van der Waals surface area contributed by atoms with Crippen LogP contribution in [0, 0.1) is 17.0 Å². The van der Waals surface area contributed by atoms with Gasteiger partial charge in [-0.05, 0) is 31.5 Å². The zero-order valence-corrected chi connectivity index (χ0v) is 10.9. The van der Waals surface area contributed by atoms with Gasteiger partial charge in [-0.25, -0.2) is 8.78 Å². The van der Waals surface area contributed by atoms with Crippen LogP contribution in [-0.2, 0) is 4.79 Å². The molecule has 1 aromatic carbocycles. The first-order valence-corrected chi connectivity index (χ1v) is 6.55. The van der Waals surface area contributed by atoms with E-state index in [1.54, 1.807) is 0 Å². The quantitative estimate of drug-likeness (QED) is 0.881. The van der Waals surface area contributed by atoms with Crippen LogP contribution in [0.3, 0.4) is 0 Å². The van der Waals surface area contributed by atoms with Gasteiger partial charge in [-0.2, -0.15) is 0 Å². The van der Waals surface area contributed by atoms with Crippen LogP contribution in [0.25, 0.3) is 0 Å². The number of carbonyl (C=O) groups is 1. The van der Waals surface area contributed by atoms with Gasteiger partial charge in [0.2, 0.25) is 5.91 Å². The number of hydrogen-bond donors (Lipinski definition) is 2. The van der Waals surface area contributed by atoms with Crippen molar-refractivity contribution in [3.63, 3.8) is 0 Å². The van der Waals surface area contributed by atoms with Crippen LogP contribution in [0.5, 0.6) is 0 Å². The number of para-hydroxylation sites is 1. The third kappa shape index (κ3) is 2.76. The van der Waals surface area contributed by atoms with Crippen molar-refractivity contribution in [1.82, 2.24) is 5.32 Å². The van der Waals surface area contributed by atoms with Crippen LogP contribution in [0.15, 0.2) is 18.2 Å². The highest BCUT2D eigenvalue weighted by Crippen LogP contribution is 2.33. The molecule has 0 aromatic heterocycles. The van der Waals surface area contributed by atoms with Crippen LogP contribution in [0.4, 0.5) is 14.5 Å². The van der Waals surface area contributed by atoms with Crippen molar-refractivity contribution in [2.45, 2.75) is 26.2 Å². The molecule has 2 N–H and O–H groups in total. The summed E-state index contributed by atoms with van der Waals surface area (Å²) in [6.45, 7) is 3.31. The fourth-order valence-corrected chi connectivity index (χ4v) is 2.61. The molecule has 1 aliphatic heterocycles. The van der Waals surface area contributed by atoms with Gasteiger partial charge in [0.05, 0.1) is 5.41 Å². The molecule has 1 aliphatic rings. The van der Waals surface area contributed by atoms with Gasteiger partial charge in [-0.15, -0.1) is 0 Å². The Balaban J connectivity index is 2.20. The maximum Gasteiger partial charge on any atom is 0.232 e. The fourth-order valence-electron chi connectivity index (χ4n) is 2.61. The van der Waals surface area contributed by atoms with Crippen molar-refractivity contribution in [3.05, 3.63) is 29.8 Å². The fraction of sp³-hybridized carbons (Fsp3) is 0.500. The molecular formula is C14H18F2N2O. The molecule has 1 fully saturated rings. The molecular weight excluding hydrogens is 250 g/mol. The Hall–Kier alpha value is -1.49. The van der Waals surface area contributed by atoms with Crippen LogP contribution in [-0.4, -0.2) is 19.0 Å². The van der Waals surface area contributed by atoms with E-state index in [0.29, 0.717) is 19.4 Å². The zero-order chi connectivity index (χ0) is 13.9. The Bertz CT molecular complexity index is 450. The second-order valence-corrected chi connectivity index (χ2v) is 5.01. The van der Waals surface area contributed by atoms with E-state index in [-0.39, 0.29) is 11.6 Å². The number of halogens is 2. The van der Waals surface area contributed by atoms with Gasteiger partial charge in [0.25, 0.3) is 0 Å². The Labute approximate surface area is 111 Å². The summed E-state index contributed by atoms with van der Waals surface area (Å²) in [6, 6.07) is 3.55. The average molecular weight is 268 g/mol. The number of hydrogen-bond acceptors (Lipinski definition) is 2. The van der Waals surface area contributed by atoms with Crippen molar-refractivity contribution in [3.8, 4) is 0 Å². The van der Waals surface area contributed by atoms with Gasteiger partial charge >= 0.3 is 0 Å². The van der Waals surface area contributed by atoms with E-state index in [9.17, 15) is 13.6 Å². The molecule has 104 valence electrons. The minimum absolute atomic E-state index is 0.302. The Morgan fingerprint density at radius 3 is 2.63 bits per heavy atom. The van der Waals surface area contributed by atoms with Crippen LogP contribution < -0.4 is 10.6 Å². The lowest BCUT2D eigenvalue weighted by molar-refractivity contribution is -0.125. The Morgan fingerprint density at radius 1 is 1.42 bits per heavy atom. The highest BCUT2D eigenvalue weighted by molar-refractivity contribution is 5.96. The van der Waals surface area contributed by atoms with Crippen molar-refractivity contribution in [2.75, 3.05) is 18.4 Å². The van der Waals surface area contributed by atoms with Crippen molar-refractivity contribution in [2.24, 2.45) is 5.41 Å². The van der Waals surface area contributed by atoms with Gasteiger partial charge in [0.15, 0.2) is 0 Å². The number of amides is 1. The number of carbonyl (C=O) groups excluding carboxylic acids is 1. The molecule has 0 radical (unpaired) electrons. The zero-order valence-electron chi connectivity index (χ0n) is 10.9. The Morgan fingerprint density at radius 2 is 2.11 bits per heavy atom. The summed E-state index contributed by atoms with van der Waals surface area (Å²) < 4.78 is 27.1. The first-order chi connectivity index (χ1) is 9.09. The molecule has 3 nitrogen and oxygen atoms in total.